The monoisotopic (exact) mass is 559 g/mol. The fourth-order valence-corrected chi connectivity index (χ4v) is 4.26. The Kier molecular flexibility index (Phi) is 8.10. The highest BCUT2D eigenvalue weighted by Gasteiger charge is 2.16. The molecule has 32 heavy (non-hydrogen) atoms. The highest BCUT2D eigenvalue weighted by molar-refractivity contribution is 9.11. The molecule has 3 rings (SSSR count). The number of carbonyl (C=O) groups excluding carboxylic acids is 1. The zero-order valence-corrected chi connectivity index (χ0v) is 21.1. The molecule has 0 atom stereocenters. The van der Waals surface area contributed by atoms with E-state index in [0.29, 0.717) is 31.8 Å². The Morgan fingerprint density at radius 3 is 2.31 bits per heavy atom. The predicted molar refractivity (Wildman–Crippen MR) is 133 cm³/mol. The zero-order valence-electron chi connectivity index (χ0n) is 17.9. The van der Waals surface area contributed by atoms with Gasteiger partial charge in [-0.3, -0.25) is 9.78 Å². The quantitative estimate of drug-likeness (QED) is 0.237. The number of hydrogen-bond donors (Lipinski definition) is 1. The molecule has 0 spiro atoms. The minimum atomic E-state index is -0.316. The summed E-state index contributed by atoms with van der Waals surface area (Å²) >= 11 is 6.99. The number of rotatable bonds is 7. The van der Waals surface area contributed by atoms with Crippen LogP contribution in [0.3, 0.4) is 0 Å². The number of esters is 1. The van der Waals surface area contributed by atoms with Crippen LogP contribution in [-0.2, 0) is 4.79 Å². The molecule has 0 amide bonds. The second kappa shape index (κ2) is 10.8. The summed E-state index contributed by atoms with van der Waals surface area (Å²) in [5, 5.41) is 10.8. The van der Waals surface area contributed by atoms with Gasteiger partial charge in [0.1, 0.15) is 17.2 Å². The van der Waals surface area contributed by atoms with Gasteiger partial charge in [-0.1, -0.05) is 32.9 Å². The average molecular weight is 561 g/mol. The van der Waals surface area contributed by atoms with Crippen molar-refractivity contribution >= 4 is 50.0 Å². The van der Waals surface area contributed by atoms with E-state index in [1.165, 1.54) is 0 Å². The number of phenolic OH excluding ortho intramolecular Hbond substituents is 1. The maximum Gasteiger partial charge on any atom is 0.310 e. The van der Waals surface area contributed by atoms with Crippen molar-refractivity contribution in [2.24, 2.45) is 0 Å². The van der Waals surface area contributed by atoms with Gasteiger partial charge in [0.05, 0.1) is 8.95 Å². The molecular weight excluding hydrogens is 538 g/mol. The lowest BCUT2D eigenvalue weighted by Crippen LogP contribution is -2.05. The van der Waals surface area contributed by atoms with Gasteiger partial charge in [-0.25, -0.2) is 0 Å². The molecule has 3 aromatic rings. The van der Waals surface area contributed by atoms with Crippen molar-refractivity contribution in [1.82, 2.24) is 4.98 Å². The molecule has 0 bridgehead atoms. The molecular formula is C25H23Br2NO4. The average Bonchev–Trinajstić information content (AvgIpc) is 2.76. The van der Waals surface area contributed by atoms with Crippen LogP contribution in [0.15, 0.2) is 57.7 Å². The molecule has 0 radical (unpaired) electrons. The number of halogens is 2. The summed E-state index contributed by atoms with van der Waals surface area (Å²) < 4.78 is 12.7. The fourth-order valence-electron chi connectivity index (χ4n) is 2.95. The van der Waals surface area contributed by atoms with Gasteiger partial charge in [0.15, 0.2) is 5.75 Å². The van der Waals surface area contributed by atoms with E-state index in [1.54, 1.807) is 37.5 Å². The number of ether oxygens (including phenoxy) is 2. The Morgan fingerprint density at radius 2 is 1.72 bits per heavy atom. The molecule has 1 heterocycles. The van der Waals surface area contributed by atoms with Crippen LogP contribution in [0.1, 0.15) is 49.8 Å². The predicted octanol–water partition coefficient (Wildman–Crippen LogP) is 7.71. The van der Waals surface area contributed by atoms with Crippen molar-refractivity contribution < 1.29 is 19.4 Å². The maximum atomic E-state index is 11.6. The van der Waals surface area contributed by atoms with E-state index < -0.39 is 0 Å². The highest BCUT2D eigenvalue weighted by atomic mass is 79.9. The molecule has 0 saturated heterocycles. The molecule has 0 aliphatic rings. The number of carbonyl (C=O) groups is 1. The standard InChI is InChI=1S/C25H23Br2NO4/c1-4-23(29)31-19-13-21(26)25(22(27)14-19)32-18-11-17(24(30)20(12-18)15(2)3)6-5-16-7-9-28-10-8-16/h5-15,30H,4H2,1-3H3. The molecule has 0 fully saturated rings. The van der Waals surface area contributed by atoms with Crippen LogP contribution < -0.4 is 9.47 Å². The summed E-state index contributed by atoms with van der Waals surface area (Å²) in [5.41, 5.74) is 2.39. The first-order valence-electron chi connectivity index (χ1n) is 10.1. The van der Waals surface area contributed by atoms with Crippen molar-refractivity contribution in [3.05, 3.63) is 74.4 Å². The number of aromatic nitrogens is 1. The van der Waals surface area contributed by atoms with Gasteiger partial charge in [-0.15, -0.1) is 0 Å². The lowest BCUT2D eigenvalue weighted by molar-refractivity contribution is -0.134. The summed E-state index contributed by atoms with van der Waals surface area (Å²) in [6.07, 6.45) is 7.48. The van der Waals surface area contributed by atoms with Crippen molar-refractivity contribution in [2.75, 3.05) is 0 Å². The van der Waals surface area contributed by atoms with E-state index in [0.717, 1.165) is 11.1 Å². The van der Waals surface area contributed by atoms with Crippen LogP contribution in [0.2, 0.25) is 0 Å². The topological polar surface area (TPSA) is 68.7 Å². The van der Waals surface area contributed by atoms with Gasteiger partial charge >= 0.3 is 5.97 Å². The first kappa shape index (κ1) is 24.0. The van der Waals surface area contributed by atoms with Gasteiger partial charge in [-0.2, -0.15) is 0 Å². The molecule has 0 aliphatic carbocycles. The molecule has 0 unspecified atom stereocenters. The number of aromatic hydroxyl groups is 1. The Balaban J connectivity index is 1.97. The summed E-state index contributed by atoms with van der Waals surface area (Å²) in [6.45, 7) is 5.76. The molecule has 5 nitrogen and oxygen atoms in total. The first-order valence-corrected chi connectivity index (χ1v) is 11.7. The third kappa shape index (κ3) is 5.99. The van der Waals surface area contributed by atoms with Crippen LogP contribution in [0.25, 0.3) is 12.2 Å². The molecule has 7 heteroatoms. The van der Waals surface area contributed by atoms with Gasteiger partial charge in [-0.05, 0) is 79.7 Å². The first-order chi connectivity index (χ1) is 15.3. The van der Waals surface area contributed by atoms with E-state index in [-0.39, 0.29) is 24.1 Å². The van der Waals surface area contributed by atoms with E-state index in [9.17, 15) is 9.90 Å². The van der Waals surface area contributed by atoms with Crippen molar-refractivity contribution in [1.29, 1.82) is 0 Å². The lowest BCUT2D eigenvalue weighted by Gasteiger charge is -2.16. The van der Waals surface area contributed by atoms with Gasteiger partial charge < -0.3 is 14.6 Å². The Labute approximate surface area is 204 Å². The summed E-state index contributed by atoms with van der Waals surface area (Å²) in [6, 6.07) is 10.7. The van der Waals surface area contributed by atoms with E-state index >= 15 is 0 Å². The number of hydrogen-bond acceptors (Lipinski definition) is 5. The minimum absolute atomic E-state index is 0.0920. The SMILES string of the molecule is CCC(=O)Oc1cc(Br)c(Oc2cc(C=Cc3ccncc3)c(O)c(C(C)C)c2)c(Br)c1. The van der Waals surface area contributed by atoms with Crippen molar-refractivity contribution in [2.45, 2.75) is 33.1 Å². The second-order valence-electron chi connectivity index (χ2n) is 7.36. The third-order valence-electron chi connectivity index (χ3n) is 4.64. The minimum Gasteiger partial charge on any atom is -0.507 e. The van der Waals surface area contributed by atoms with E-state index in [2.05, 4.69) is 36.8 Å². The molecule has 166 valence electrons. The lowest BCUT2D eigenvalue weighted by atomic mass is 9.98. The van der Waals surface area contributed by atoms with Crippen LogP contribution in [0, 0.1) is 0 Å². The molecule has 2 aromatic carbocycles. The molecule has 0 saturated carbocycles. The van der Waals surface area contributed by atoms with Crippen LogP contribution in [-0.4, -0.2) is 16.1 Å². The van der Waals surface area contributed by atoms with Crippen molar-refractivity contribution in [3.63, 3.8) is 0 Å². The number of pyridine rings is 1. The largest absolute Gasteiger partial charge is 0.507 e. The summed E-state index contributed by atoms with van der Waals surface area (Å²) in [5.74, 6) is 1.51. The maximum absolute atomic E-state index is 11.6. The van der Waals surface area contributed by atoms with Crippen LogP contribution >= 0.6 is 31.9 Å². The fraction of sp³-hybridized carbons (Fsp3) is 0.200. The molecule has 1 N–H and O–H groups in total. The second-order valence-corrected chi connectivity index (χ2v) is 9.07. The van der Waals surface area contributed by atoms with E-state index in [4.69, 9.17) is 9.47 Å². The normalized spacial score (nSPS) is 11.2. The van der Waals surface area contributed by atoms with Gasteiger partial charge in [0, 0.05) is 29.9 Å². The van der Waals surface area contributed by atoms with Crippen molar-refractivity contribution in [3.8, 4) is 23.0 Å². The van der Waals surface area contributed by atoms with Gasteiger partial charge in [0.2, 0.25) is 0 Å². The third-order valence-corrected chi connectivity index (χ3v) is 5.82. The highest BCUT2D eigenvalue weighted by Crippen LogP contribution is 2.42. The smallest absolute Gasteiger partial charge is 0.310 e. The zero-order chi connectivity index (χ0) is 23.3. The van der Waals surface area contributed by atoms with Crippen LogP contribution in [0.4, 0.5) is 0 Å². The number of benzene rings is 2. The molecule has 1 aromatic heterocycles. The van der Waals surface area contributed by atoms with Crippen LogP contribution in [0.5, 0.6) is 23.0 Å². The Bertz CT molecular complexity index is 1120. The number of phenols is 1. The Morgan fingerprint density at radius 1 is 1.06 bits per heavy atom. The Hall–Kier alpha value is -2.64. The summed E-state index contributed by atoms with van der Waals surface area (Å²) in [4.78, 5) is 15.6. The molecule has 0 aliphatic heterocycles. The number of nitrogens with zero attached hydrogens (tertiary/aromatic N) is 1. The summed E-state index contributed by atoms with van der Waals surface area (Å²) in [7, 11) is 0. The van der Waals surface area contributed by atoms with Gasteiger partial charge in [0.25, 0.3) is 0 Å². The van der Waals surface area contributed by atoms with E-state index in [1.807, 2.05) is 44.2 Å².